The van der Waals surface area contributed by atoms with E-state index < -0.39 is 0 Å². The number of hydrogen-bond donors (Lipinski definition) is 2. The van der Waals surface area contributed by atoms with Gasteiger partial charge in [-0.05, 0) is 38.3 Å². The largest absolute Gasteiger partial charge is 0.357 e. The maximum Gasteiger partial charge on any atom is 0.222 e. The first kappa shape index (κ1) is 22.2. The molecule has 27 heavy (non-hydrogen) atoms. The second-order valence-corrected chi connectivity index (χ2v) is 7.23. The van der Waals surface area contributed by atoms with Gasteiger partial charge in [-0.25, -0.2) is 4.39 Å². The average molecular weight is 509 g/mol. The number of carbonyl (C=O) groups is 1. The summed E-state index contributed by atoms with van der Waals surface area (Å²) in [6.45, 7) is 5.05. The number of aliphatic imine (C=N–C) groups is 1. The predicted octanol–water partition coefficient (Wildman–Crippen LogP) is 3.52. The van der Waals surface area contributed by atoms with Crippen molar-refractivity contribution in [3.05, 3.63) is 34.6 Å². The molecule has 3 rings (SSSR count). The molecule has 2 unspecified atom stereocenters. The van der Waals surface area contributed by atoms with Crippen molar-refractivity contribution in [2.45, 2.75) is 44.6 Å². The minimum Gasteiger partial charge on any atom is -0.357 e. The summed E-state index contributed by atoms with van der Waals surface area (Å²) in [7, 11) is 0. The molecule has 0 aromatic heterocycles. The second-order valence-electron chi connectivity index (χ2n) is 6.83. The molecule has 1 heterocycles. The molecule has 150 valence electrons. The third-order valence-corrected chi connectivity index (χ3v) is 5.18. The number of hydrogen-bond acceptors (Lipinski definition) is 2. The van der Waals surface area contributed by atoms with Crippen LogP contribution in [0.1, 0.15) is 44.1 Å². The lowest BCUT2D eigenvalue weighted by molar-refractivity contribution is -0.127. The lowest BCUT2D eigenvalue weighted by atomic mass is 10.1. The van der Waals surface area contributed by atoms with E-state index in [4.69, 9.17) is 11.6 Å². The Balaban J connectivity index is 0.00000261. The van der Waals surface area contributed by atoms with Gasteiger partial charge in [0.1, 0.15) is 5.82 Å². The molecule has 2 aliphatic rings. The van der Waals surface area contributed by atoms with Crippen molar-refractivity contribution in [3.8, 4) is 0 Å². The number of likely N-dealkylation sites (tertiary alicyclic amines) is 1. The molecule has 1 saturated heterocycles. The van der Waals surface area contributed by atoms with Crippen LogP contribution < -0.4 is 10.6 Å². The molecule has 2 fully saturated rings. The molecule has 2 N–H and O–H groups in total. The Morgan fingerprint density at radius 3 is 2.93 bits per heavy atom. The van der Waals surface area contributed by atoms with Gasteiger partial charge in [0.2, 0.25) is 5.91 Å². The average Bonchev–Trinajstić information content (AvgIpc) is 3.22. The fourth-order valence-corrected chi connectivity index (χ4v) is 3.73. The number of nitrogens with zero attached hydrogens (tertiary/aromatic N) is 2. The van der Waals surface area contributed by atoms with Crippen molar-refractivity contribution in [1.82, 2.24) is 15.5 Å². The fourth-order valence-electron chi connectivity index (χ4n) is 3.43. The molecule has 2 atom stereocenters. The van der Waals surface area contributed by atoms with E-state index in [1.807, 2.05) is 11.8 Å². The van der Waals surface area contributed by atoms with Crippen molar-refractivity contribution in [1.29, 1.82) is 0 Å². The van der Waals surface area contributed by atoms with Crippen LogP contribution in [0.5, 0.6) is 0 Å². The number of amides is 1. The highest BCUT2D eigenvalue weighted by molar-refractivity contribution is 14.0. The van der Waals surface area contributed by atoms with E-state index in [1.165, 1.54) is 6.07 Å². The van der Waals surface area contributed by atoms with Gasteiger partial charge < -0.3 is 15.5 Å². The van der Waals surface area contributed by atoms with Gasteiger partial charge in [0.25, 0.3) is 0 Å². The number of carbonyl (C=O) groups excluding carboxylic acids is 1. The Labute approximate surface area is 182 Å². The normalized spacial score (nSPS) is 21.8. The van der Waals surface area contributed by atoms with Crippen LogP contribution in [0.3, 0.4) is 0 Å². The summed E-state index contributed by atoms with van der Waals surface area (Å²) >= 11 is 6.16. The summed E-state index contributed by atoms with van der Waals surface area (Å²) < 4.78 is 14.0. The molecule has 0 bridgehead atoms. The molecule has 1 aliphatic heterocycles. The lowest BCUT2D eigenvalue weighted by Crippen LogP contribution is -2.39. The van der Waals surface area contributed by atoms with E-state index in [2.05, 4.69) is 15.6 Å². The summed E-state index contributed by atoms with van der Waals surface area (Å²) in [6.07, 6.45) is 3.33. The number of benzene rings is 1. The minimum absolute atomic E-state index is 0. The topological polar surface area (TPSA) is 56.7 Å². The molecule has 5 nitrogen and oxygen atoms in total. The summed E-state index contributed by atoms with van der Waals surface area (Å²) in [5.41, 5.74) is 0.593. The van der Waals surface area contributed by atoms with Gasteiger partial charge in [-0.15, -0.1) is 24.0 Å². The Morgan fingerprint density at radius 2 is 2.26 bits per heavy atom. The molecule has 0 radical (unpaired) electrons. The van der Waals surface area contributed by atoms with Gasteiger partial charge in [0.05, 0.1) is 0 Å². The first-order valence-electron chi connectivity index (χ1n) is 9.36. The van der Waals surface area contributed by atoms with Gasteiger partial charge in [-0.1, -0.05) is 17.7 Å². The lowest BCUT2D eigenvalue weighted by Gasteiger charge is -2.15. The Hall–Kier alpha value is -1.09. The van der Waals surface area contributed by atoms with Gasteiger partial charge in [-0.3, -0.25) is 9.79 Å². The third-order valence-electron chi connectivity index (χ3n) is 4.85. The summed E-state index contributed by atoms with van der Waals surface area (Å²) in [5.74, 6) is 0.820. The van der Waals surface area contributed by atoms with E-state index in [9.17, 15) is 9.18 Å². The van der Waals surface area contributed by atoms with Crippen LogP contribution >= 0.6 is 35.6 Å². The zero-order chi connectivity index (χ0) is 18.5. The molecule has 8 heteroatoms. The monoisotopic (exact) mass is 508 g/mol. The van der Waals surface area contributed by atoms with E-state index >= 15 is 0 Å². The maximum absolute atomic E-state index is 14.0. The van der Waals surface area contributed by atoms with Crippen molar-refractivity contribution in [2.75, 3.05) is 26.2 Å². The number of guanidine groups is 1. The zero-order valence-electron chi connectivity index (χ0n) is 15.5. The standard InChI is InChI=1S/C19H26ClFN4O.HI/c1-2-22-19(23-9-5-11-25-10-4-8-17(25)26)24-16-12-13(16)18-14(20)6-3-7-15(18)21;/h3,6-7,13,16H,2,4-5,8-12H2,1H3,(H2,22,23,24);1H. The van der Waals surface area contributed by atoms with Crippen LogP contribution in [0.25, 0.3) is 0 Å². The van der Waals surface area contributed by atoms with Crippen LogP contribution in [0.2, 0.25) is 5.02 Å². The van der Waals surface area contributed by atoms with Crippen LogP contribution in [0.15, 0.2) is 23.2 Å². The van der Waals surface area contributed by atoms with Crippen LogP contribution in [-0.2, 0) is 4.79 Å². The first-order valence-corrected chi connectivity index (χ1v) is 9.74. The summed E-state index contributed by atoms with van der Waals surface area (Å²) in [6, 6.07) is 4.95. The number of rotatable bonds is 7. The van der Waals surface area contributed by atoms with Crippen molar-refractivity contribution in [2.24, 2.45) is 4.99 Å². The van der Waals surface area contributed by atoms with Crippen LogP contribution in [-0.4, -0.2) is 49.0 Å². The van der Waals surface area contributed by atoms with E-state index in [0.717, 1.165) is 44.9 Å². The number of nitrogens with one attached hydrogen (secondary N) is 2. The van der Waals surface area contributed by atoms with E-state index in [-0.39, 0.29) is 47.7 Å². The summed E-state index contributed by atoms with van der Waals surface area (Å²) in [4.78, 5) is 18.1. The van der Waals surface area contributed by atoms with E-state index in [1.54, 1.807) is 12.1 Å². The van der Waals surface area contributed by atoms with Gasteiger partial charge in [-0.2, -0.15) is 0 Å². The smallest absolute Gasteiger partial charge is 0.222 e. The first-order chi connectivity index (χ1) is 12.6. The quantitative estimate of drug-likeness (QED) is 0.256. The highest BCUT2D eigenvalue weighted by Gasteiger charge is 2.41. The predicted molar refractivity (Wildman–Crippen MR) is 118 cm³/mol. The Kier molecular flexibility index (Phi) is 8.60. The van der Waals surface area contributed by atoms with Crippen molar-refractivity contribution >= 4 is 47.4 Å². The van der Waals surface area contributed by atoms with Crippen LogP contribution in [0.4, 0.5) is 4.39 Å². The van der Waals surface area contributed by atoms with Crippen molar-refractivity contribution < 1.29 is 9.18 Å². The molecule has 1 aromatic rings. The van der Waals surface area contributed by atoms with Gasteiger partial charge >= 0.3 is 0 Å². The van der Waals surface area contributed by atoms with E-state index in [0.29, 0.717) is 23.6 Å². The van der Waals surface area contributed by atoms with Gasteiger partial charge in [0.15, 0.2) is 5.96 Å². The highest BCUT2D eigenvalue weighted by atomic mass is 127. The molecular weight excluding hydrogens is 482 g/mol. The Morgan fingerprint density at radius 1 is 1.44 bits per heavy atom. The van der Waals surface area contributed by atoms with Crippen LogP contribution in [0, 0.1) is 5.82 Å². The highest BCUT2D eigenvalue weighted by Crippen LogP contribution is 2.44. The van der Waals surface area contributed by atoms with Crippen molar-refractivity contribution in [3.63, 3.8) is 0 Å². The number of halogens is 3. The fraction of sp³-hybridized carbons (Fsp3) is 0.579. The minimum atomic E-state index is -0.246. The third kappa shape index (κ3) is 5.94. The zero-order valence-corrected chi connectivity index (χ0v) is 18.6. The molecule has 1 aliphatic carbocycles. The molecule has 1 saturated carbocycles. The second kappa shape index (κ2) is 10.5. The molecule has 1 aromatic carbocycles. The molecule has 0 spiro atoms. The SMILES string of the molecule is CCNC(=NCCCN1CCCC1=O)NC1CC1c1c(F)cccc1Cl.I. The van der Waals surface area contributed by atoms with Gasteiger partial charge in [0, 0.05) is 55.1 Å². The molecular formula is C19H27ClFIN4O. The maximum atomic E-state index is 14.0. The molecule has 1 amide bonds. The summed E-state index contributed by atoms with van der Waals surface area (Å²) in [5, 5.41) is 7.07. The Bertz CT molecular complexity index is 667.